The van der Waals surface area contributed by atoms with Crippen LogP contribution in [0.3, 0.4) is 0 Å². The van der Waals surface area contributed by atoms with Crippen LogP contribution in [0.1, 0.15) is 42.8 Å². The largest absolute Gasteiger partial charge is 0.381 e. The van der Waals surface area contributed by atoms with Gasteiger partial charge >= 0.3 is 0 Å². The minimum Gasteiger partial charge on any atom is -0.381 e. The van der Waals surface area contributed by atoms with E-state index in [-0.39, 0.29) is 5.91 Å². The van der Waals surface area contributed by atoms with Crippen molar-refractivity contribution in [3.63, 3.8) is 0 Å². The van der Waals surface area contributed by atoms with Crippen LogP contribution in [0, 0.1) is 6.92 Å². The number of ether oxygens (including phenoxy) is 1. The van der Waals surface area contributed by atoms with E-state index in [2.05, 4.69) is 20.7 Å². The average Bonchev–Trinajstić information content (AvgIpc) is 3.27. The van der Waals surface area contributed by atoms with E-state index in [0.29, 0.717) is 18.4 Å². The first-order valence-electron chi connectivity index (χ1n) is 12.2. The number of pyridine rings is 1. The Balaban J connectivity index is 1.47. The Morgan fingerprint density at radius 2 is 1.94 bits per heavy atom. The predicted octanol–water partition coefficient (Wildman–Crippen LogP) is 4.12. The summed E-state index contributed by atoms with van der Waals surface area (Å²) in [6.45, 7) is 6.42. The van der Waals surface area contributed by atoms with Gasteiger partial charge in [0, 0.05) is 85.5 Å². The van der Waals surface area contributed by atoms with Crippen molar-refractivity contribution in [2.24, 2.45) is 0 Å². The highest BCUT2D eigenvalue weighted by Gasteiger charge is 2.30. The zero-order valence-electron chi connectivity index (χ0n) is 20.1. The average molecular weight is 469 g/mol. The summed E-state index contributed by atoms with van der Waals surface area (Å²) >= 11 is 0. The van der Waals surface area contributed by atoms with Crippen molar-refractivity contribution >= 4 is 16.8 Å². The van der Waals surface area contributed by atoms with Crippen LogP contribution in [0.15, 0.2) is 42.7 Å². The standard InChI is InChI=1S/C27H28N6O2/c1-17-6-7-19(14-28-17)27-29-15-22-21(4-3-5-24(22)30-27)26-23-16-32(18(2)34)11-8-25(23)33(31-26)20-9-12-35-13-10-20/h3-7,14-15,20H,8-13,16H2,1-2H3. The molecule has 178 valence electrons. The number of hydrogen-bond donors (Lipinski definition) is 0. The van der Waals surface area contributed by atoms with Crippen LogP contribution in [0.5, 0.6) is 0 Å². The maximum Gasteiger partial charge on any atom is 0.219 e. The van der Waals surface area contributed by atoms with Crippen LogP contribution in [0.25, 0.3) is 33.5 Å². The first-order chi connectivity index (χ1) is 17.1. The maximum atomic E-state index is 12.2. The molecule has 1 amide bonds. The van der Waals surface area contributed by atoms with E-state index in [1.54, 1.807) is 6.92 Å². The van der Waals surface area contributed by atoms with Gasteiger partial charge in [0.05, 0.1) is 17.3 Å². The van der Waals surface area contributed by atoms with E-state index in [9.17, 15) is 4.79 Å². The lowest BCUT2D eigenvalue weighted by atomic mass is 9.98. The molecule has 8 nitrogen and oxygen atoms in total. The third-order valence-electron chi connectivity index (χ3n) is 7.12. The van der Waals surface area contributed by atoms with Crippen molar-refractivity contribution in [2.45, 2.75) is 45.7 Å². The molecule has 5 heterocycles. The van der Waals surface area contributed by atoms with Crippen LogP contribution >= 0.6 is 0 Å². The molecule has 0 bridgehead atoms. The lowest BCUT2D eigenvalue weighted by Gasteiger charge is -2.29. The van der Waals surface area contributed by atoms with Crippen LogP contribution in [-0.2, 0) is 22.5 Å². The number of benzene rings is 1. The number of carbonyl (C=O) groups excluding carboxylic acids is 1. The van der Waals surface area contributed by atoms with Crippen LogP contribution in [0.4, 0.5) is 0 Å². The fourth-order valence-corrected chi connectivity index (χ4v) is 5.16. The minimum atomic E-state index is 0.0954. The lowest BCUT2D eigenvalue weighted by molar-refractivity contribution is -0.129. The molecule has 0 N–H and O–H groups in total. The van der Waals surface area contributed by atoms with Gasteiger partial charge in [0.15, 0.2) is 5.82 Å². The quantitative estimate of drug-likeness (QED) is 0.450. The molecular weight excluding hydrogens is 440 g/mol. The zero-order valence-corrected chi connectivity index (χ0v) is 20.1. The molecule has 4 aromatic rings. The number of amides is 1. The number of carbonyl (C=O) groups is 1. The van der Waals surface area contributed by atoms with Crippen molar-refractivity contribution in [1.29, 1.82) is 0 Å². The molecule has 8 heteroatoms. The molecule has 0 aliphatic carbocycles. The third kappa shape index (κ3) is 3.97. The number of hydrogen-bond acceptors (Lipinski definition) is 6. The SMILES string of the molecule is CC(=O)N1CCc2c(c(-c3cccc4nc(-c5ccc(C)nc5)ncc34)nn2C2CCOCC2)C1. The highest BCUT2D eigenvalue weighted by molar-refractivity contribution is 5.94. The molecule has 0 atom stereocenters. The lowest BCUT2D eigenvalue weighted by Crippen LogP contribution is -2.35. The van der Waals surface area contributed by atoms with E-state index in [1.807, 2.05) is 48.5 Å². The molecule has 2 aliphatic heterocycles. The summed E-state index contributed by atoms with van der Waals surface area (Å²) in [4.78, 5) is 28.0. The summed E-state index contributed by atoms with van der Waals surface area (Å²) < 4.78 is 7.82. The Morgan fingerprint density at radius 3 is 2.71 bits per heavy atom. The molecule has 1 saturated heterocycles. The topological polar surface area (TPSA) is 86.0 Å². The first-order valence-corrected chi connectivity index (χ1v) is 12.2. The summed E-state index contributed by atoms with van der Waals surface area (Å²) in [6, 6.07) is 10.4. The van der Waals surface area contributed by atoms with Gasteiger partial charge in [0.25, 0.3) is 0 Å². The van der Waals surface area contributed by atoms with E-state index in [1.165, 1.54) is 5.69 Å². The van der Waals surface area contributed by atoms with Crippen molar-refractivity contribution in [1.82, 2.24) is 29.6 Å². The van der Waals surface area contributed by atoms with Crippen molar-refractivity contribution in [2.75, 3.05) is 19.8 Å². The smallest absolute Gasteiger partial charge is 0.219 e. The second-order valence-electron chi connectivity index (χ2n) is 9.37. The summed E-state index contributed by atoms with van der Waals surface area (Å²) in [7, 11) is 0. The molecule has 3 aromatic heterocycles. The van der Waals surface area contributed by atoms with Crippen molar-refractivity contribution in [3.05, 3.63) is 59.7 Å². The number of nitrogens with zero attached hydrogens (tertiary/aromatic N) is 6. The van der Waals surface area contributed by atoms with Gasteiger partial charge in [-0.25, -0.2) is 9.97 Å². The van der Waals surface area contributed by atoms with E-state index in [4.69, 9.17) is 14.8 Å². The minimum absolute atomic E-state index is 0.0954. The highest BCUT2D eigenvalue weighted by atomic mass is 16.5. The second-order valence-corrected chi connectivity index (χ2v) is 9.37. The summed E-state index contributed by atoms with van der Waals surface area (Å²) in [5.74, 6) is 0.748. The Kier molecular flexibility index (Phi) is 5.53. The van der Waals surface area contributed by atoms with Crippen LogP contribution in [-0.4, -0.2) is 55.3 Å². The van der Waals surface area contributed by atoms with Gasteiger partial charge in [-0.2, -0.15) is 5.10 Å². The Hall–Kier alpha value is -3.65. The van der Waals surface area contributed by atoms with E-state index < -0.39 is 0 Å². The molecule has 35 heavy (non-hydrogen) atoms. The Bertz CT molecular complexity index is 1410. The number of aromatic nitrogens is 5. The van der Waals surface area contributed by atoms with E-state index >= 15 is 0 Å². The van der Waals surface area contributed by atoms with Gasteiger partial charge in [-0.3, -0.25) is 14.5 Å². The number of rotatable bonds is 3. The maximum absolute atomic E-state index is 12.2. The Morgan fingerprint density at radius 1 is 1.09 bits per heavy atom. The number of aryl methyl sites for hydroxylation is 1. The summed E-state index contributed by atoms with van der Waals surface area (Å²) in [5.41, 5.74) is 7.02. The third-order valence-corrected chi connectivity index (χ3v) is 7.12. The van der Waals surface area contributed by atoms with E-state index in [0.717, 1.165) is 78.0 Å². The van der Waals surface area contributed by atoms with Gasteiger partial charge in [-0.1, -0.05) is 12.1 Å². The number of fused-ring (bicyclic) bond motifs is 2. The molecule has 2 aliphatic rings. The fraction of sp³-hybridized carbons (Fsp3) is 0.370. The molecule has 0 radical (unpaired) electrons. The highest BCUT2D eigenvalue weighted by Crippen LogP contribution is 2.37. The van der Waals surface area contributed by atoms with Gasteiger partial charge in [-0.15, -0.1) is 0 Å². The van der Waals surface area contributed by atoms with Crippen molar-refractivity contribution < 1.29 is 9.53 Å². The van der Waals surface area contributed by atoms with Crippen molar-refractivity contribution in [3.8, 4) is 22.6 Å². The zero-order chi connectivity index (χ0) is 23.9. The Labute approximate surface area is 204 Å². The van der Waals surface area contributed by atoms with Gasteiger partial charge in [-0.05, 0) is 38.0 Å². The second kappa shape index (κ2) is 8.85. The van der Waals surface area contributed by atoms with Gasteiger partial charge < -0.3 is 9.64 Å². The molecule has 1 aromatic carbocycles. The normalized spacial score (nSPS) is 16.5. The molecular formula is C27H28N6O2. The fourth-order valence-electron chi connectivity index (χ4n) is 5.16. The predicted molar refractivity (Wildman–Crippen MR) is 133 cm³/mol. The molecule has 0 unspecified atom stereocenters. The molecule has 6 rings (SSSR count). The molecule has 0 spiro atoms. The summed E-state index contributed by atoms with van der Waals surface area (Å²) in [6.07, 6.45) is 6.42. The van der Waals surface area contributed by atoms with Crippen LogP contribution in [0.2, 0.25) is 0 Å². The monoisotopic (exact) mass is 468 g/mol. The summed E-state index contributed by atoms with van der Waals surface area (Å²) in [5, 5.41) is 6.13. The van der Waals surface area contributed by atoms with Gasteiger partial charge in [0.1, 0.15) is 0 Å². The molecule has 1 fully saturated rings. The van der Waals surface area contributed by atoms with Gasteiger partial charge in [0.2, 0.25) is 5.91 Å². The molecule has 0 saturated carbocycles. The van der Waals surface area contributed by atoms with Crippen LogP contribution < -0.4 is 0 Å². The first kappa shape index (κ1) is 21.9.